The number of nitrogens with zero attached hydrogens (tertiary/aromatic N) is 1. The van der Waals surface area contributed by atoms with Crippen molar-refractivity contribution in [3.05, 3.63) is 34.3 Å². The van der Waals surface area contributed by atoms with Crippen LogP contribution in [0.25, 0.3) is 0 Å². The molecule has 25 heavy (non-hydrogen) atoms. The van der Waals surface area contributed by atoms with Crippen LogP contribution in [0.2, 0.25) is 11.3 Å². The Bertz CT molecular complexity index is 670. The Morgan fingerprint density at radius 3 is 2.84 bits per heavy atom. The average Bonchev–Trinajstić information content (AvgIpc) is 3.03. The fraction of sp³-hybridized carbons (Fsp3) is 0.556. The van der Waals surface area contributed by atoms with E-state index in [4.69, 9.17) is 19.4 Å². The van der Waals surface area contributed by atoms with E-state index < -0.39 is 11.9 Å². The minimum atomic E-state index is -0.825. The van der Waals surface area contributed by atoms with E-state index in [0.717, 1.165) is 24.0 Å². The second-order valence-electron chi connectivity index (χ2n) is 6.93. The van der Waals surface area contributed by atoms with Crippen molar-refractivity contribution < 1.29 is 14.7 Å². The molecule has 0 saturated carbocycles. The lowest BCUT2D eigenvalue weighted by atomic mass is 9.88. The Kier molecular flexibility index (Phi) is 5.69. The number of halogens is 1. The van der Waals surface area contributed by atoms with E-state index >= 15 is 0 Å². The van der Waals surface area contributed by atoms with Gasteiger partial charge in [-0.2, -0.15) is 0 Å². The summed E-state index contributed by atoms with van der Waals surface area (Å²) in [4.78, 5) is 26.1. The Morgan fingerprint density at radius 1 is 1.32 bits per heavy atom. The quantitative estimate of drug-likeness (QED) is 0.787. The third-order valence-corrected chi connectivity index (χ3v) is 5.51. The van der Waals surface area contributed by atoms with Crippen LogP contribution < -0.4 is 5.32 Å². The Morgan fingerprint density at radius 2 is 2.12 bits per heavy atom. The molecule has 0 aliphatic carbocycles. The molecule has 7 heteroatoms. The van der Waals surface area contributed by atoms with Crippen LogP contribution >= 0.6 is 11.6 Å². The minimum Gasteiger partial charge on any atom is -0.481 e. The summed E-state index contributed by atoms with van der Waals surface area (Å²) in [5, 5.41) is 13.4. The number of fused-ring (bicyclic) bond motifs is 1. The topological polar surface area (TPSA) is 69.6 Å². The highest BCUT2D eigenvalue weighted by Crippen LogP contribution is 2.30. The summed E-state index contributed by atoms with van der Waals surface area (Å²) in [6.07, 6.45) is 2.68. The van der Waals surface area contributed by atoms with Crippen molar-refractivity contribution in [2.45, 2.75) is 38.2 Å². The highest BCUT2D eigenvalue weighted by Gasteiger charge is 2.41. The lowest BCUT2D eigenvalue weighted by Crippen LogP contribution is -2.49. The van der Waals surface area contributed by atoms with Gasteiger partial charge in [0.2, 0.25) is 5.91 Å². The Balaban J connectivity index is 1.67. The van der Waals surface area contributed by atoms with Gasteiger partial charge in [-0.15, -0.1) is 0 Å². The predicted octanol–water partition coefficient (Wildman–Crippen LogP) is 1.88. The van der Waals surface area contributed by atoms with Crippen LogP contribution in [0.4, 0.5) is 0 Å². The highest BCUT2D eigenvalue weighted by atomic mass is 35.5. The number of likely N-dealkylation sites (tertiary alicyclic amines) is 1. The van der Waals surface area contributed by atoms with E-state index in [0.29, 0.717) is 30.9 Å². The zero-order valence-corrected chi connectivity index (χ0v) is 14.8. The van der Waals surface area contributed by atoms with E-state index in [2.05, 4.69) is 5.32 Å². The molecule has 5 nitrogen and oxygen atoms in total. The fourth-order valence-electron chi connectivity index (χ4n) is 3.88. The van der Waals surface area contributed by atoms with Crippen LogP contribution in [0.5, 0.6) is 0 Å². The van der Waals surface area contributed by atoms with Crippen LogP contribution in [-0.2, 0) is 22.6 Å². The number of nitrogens with one attached hydrogen (secondary N) is 1. The highest BCUT2D eigenvalue weighted by molar-refractivity contribution is 6.30. The number of carbonyl (C=O) groups is 2. The third kappa shape index (κ3) is 4.01. The van der Waals surface area contributed by atoms with E-state index in [1.54, 1.807) is 4.90 Å². The van der Waals surface area contributed by atoms with Gasteiger partial charge in [0.25, 0.3) is 0 Å². The van der Waals surface area contributed by atoms with Gasteiger partial charge in [-0.05, 0) is 42.0 Å². The molecule has 1 unspecified atom stereocenters. The molecule has 2 heterocycles. The third-order valence-electron chi connectivity index (χ3n) is 5.28. The van der Waals surface area contributed by atoms with Crippen molar-refractivity contribution >= 4 is 31.3 Å². The maximum atomic E-state index is 12.9. The number of benzene rings is 1. The molecule has 1 saturated heterocycles. The number of carboxylic acid groups (broad SMARTS) is 1. The van der Waals surface area contributed by atoms with Crippen LogP contribution in [0.1, 0.15) is 24.0 Å². The van der Waals surface area contributed by atoms with Gasteiger partial charge in [-0.1, -0.05) is 30.4 Å². The minimum absolute atomic E-state index is 0.0119. The molecular weight excluding hydrogens is 338 g/mol. The predicted molar refractivity (Wildman–Crippen MR) is 96.8 cm³/mol. The first kappa shape index (κ1) is 18.3. The number of hydrogen-bond acceptors (Lipinski definition) is 3. The molecule has 2 aliphatic heterocycles. The molecule has 1 aromatic rings. The molecule has 1 aromatic carbocycles. The molecule has 2 radical (unpaired) electrons. The normalized spacial score (nSPS) is 25.6. The zero-order valence-electron chi connectivity index (χ0n) is 14.1. The largest absolute Gasteiger partial charge is 0.481 e. The van der Waals surface area contributed by atoms with Gasteiger partial charge in [-0.25, -0.2) is 0 Å². The summed E-state index contributed by atoms with van der Waals surface area (Å²) in [6, 6.07) is 5.42. The smallest absolute Gasteiger partial charge is 0.308 e. The van der Waals surface area contributed by atoms with E-state index in [1.165, 1.54) is 0 Å². The molecule has 2 N–H and O–H groups in total. The standard InChI is InChI=1S/C18H22BClN2O3/c19-5-1-2-12-9-22(10-15(12)18(24)25)17(23)16-7-11-3-4-14(20)6-13(11)8-21-16/h3-4,6,12,15-16,21H,1-2,5,7-10H2,(H,24,25)/t12-,15+,16?/m0/s1. The first-order valence-corrected chi connectivity index (χ1v) is 9.09. The second kappa shape index (κ2) is 7.79. The summed E-state index contributed by atoms with van der Waals surface area (Å²) < 4.78 is 0. The van der Waals surface area contributed by atoms with Crippen molar-refractivity contribution in [2.75, 3.05) is 13.1 Å². The van der Waals surface area contributed by atoms with Crippen molar-refractivity contribution in [3.8, 4) is 0 Å². The molecule has 1 amide bonds. The molecule has 132 valence electrons. The lowest BCUT2D eigenvalue weighted by molar-refractivity contribution is -0.142. The number of rotatable bonds is 5. The number of carboxylic acids is 1. The summed E-state index contributed by atoms with van der Waals surface area (Å²) >= 11 is 6.02. The van der Waals surface area contributed by atoms with Crippen LogP contribution in [0.3, 0.4) is 0 Å². The summed E-state index contributed by atoms with van der Waals surface area (Å²) in [6.45, 7) is 1.38. The molecule has 1 fully saturated rings. The number of hydrogen-bond donors (Lipinski definition) is 2. The molecule has 2 aliphatic rings. The number of aliphatic carboxylic acids is 1. The van der Waals surface area contributed by atoms with Crippen LogP contribution in [0.15, 0.2) is 18.2 Å². The lowest BCUT2D eigenvalue weighted by Gasteiger charge is -2.29. The molecule has 0 aromatic heterocycles. The van der Waals surface area contributed by atoms with E-state index in [-0.39, 0.29) is 24.4 Å². The van der Waals surface area contributed by atoms with Crippen molar-refractivity contribution in [3.63, 3.8) is 0 Å². The first-order valence-electron chi connectivity index (χ1n) is 8.72. The maximum Gasteiger partial charge on any atom is 0.308 e. The van der Waals surface area contributed by atoms with Gasteiger partial charge >= 0.3 is 5.97 Å². The summed E-state index contributed by atoms with van der Waals surface area (Å²) in [5.41, 5.74) is 2.23. The average molecular weight is 361 g/mol. The van der Waals surface area contributed by atoms with Crippen molar-refractivity contribution in [2.24, 2.45) is 11.8 Å². The number of amides is 1. The van der Waals surface area contributed by atoms with Gasteiger partial charge in [0.15, 0.2) is 0 Å². The molecule has 0 spiro atoms. The fourth-order valence-corrected chi connectivity index (χ4v) is 4.08. The van der Waals surface area contributed by atoms with Gasteiger partial charge in [0, 0.05) is 24.7 Å². The zero-order chi connectivity index (χ0) is 18.0. The summed E-state index contributed by atoms with van der Waals surface area (Å²) in [5.74, 6) is -1.35. The second-order valence-corrected chi connectivity index (χ2v) is 7.37. The van der Waals surface area contributed by atoms with E-state index in [1.807, 2.05) is 18.2 Å². The van der Waals surface area contributed by atoms with Gasteiger partial charge in [0.05, 0.1) is 19.8 Å². The molecular formula is C18H22BClN2O3. The SMILES string of the molecule is [B]CCC[C@H]1CN(C(=O)C2Cc3ccc(Cl)cc3CN2)C[C@H]1C(=O)O. The Hall–Kier alpha value is -1.53. The Labute approximate surface area is 154 Å². The maximum absolute atomic E-state index is 12.9. The van der Waals surface area contributed by atoms with Gasteiger partial charge < -0.3 is 15.3 Å². The number of carbonyl (C=O) groups excluding carboxylic acids is 1. The van der Waals surface area contributed by atoms with Gasteiger partial charge in [0.1, 0.15) is 0 Å². The van der Waals surface area contributed by atoms with Crippen LogP contribution in [0, 0.1) is 11.8 Å². The molecule has 0 bridgehead atoms. The van der Waals surface area contributed by atoms with E-state index in [9.17, 15) is 14.7 Å². The van der Waals surface area contributed by atoms with Gasteiger partial charge in [-0.3, -0.25) is 9.59 Å². The molecule has 3 atom stereocenters. The monoisotopic (exact) mass is 360 g/mol. The van der Waals surface area contributed by atoms with Crippen LogP contribution in [-0.4, -0.2) is 48.9 Å². The van der Waals surface area contributed by atoms with Crippen molar-refractivity contribution in [1.82, 2.24) is 10.2 Å². The first-order chi connectivity index (χ1) is 12.0. The molecule has 3 rings (SSSR count). The van der Waals surface area contributed by atoms with Crippen molar-refractivity contribution in [1.29, 1.82) is 0 Å². The summed E-state index contributed by atoms with van der Waals surface area (Å²) in [7, 11) is 5.55.